The molecule has 2 N–H and O–H groups in total. The fraction of sp³-hybridized carbons (Fsp3) is 0.750. The molecule has 152 valence electrons. The van der Waals surface area contributed by atoms with Crippen molar-refractivity contribution < 1.29 is 41.4 Å². The van der Waals surface area contributed by atoms with Crippen LogP contribution in [-0.2, 0) is 14.3 Å². The highest BCUT2D eigenvalue weighted by atomic mass is 19.4. The lowest BCUT2D eigenvalue weighted by molar-refractivity contribution is -0.284. The van der Waals surface area contributed by atoms with E-state index in [1.165, 1.54) is 0 Å². The van der Waals surface area contributed by atoms with Gasteiger partial charge in [-0.25, -0.2) is 4.79 Å². The van der Waals surface area contributed by atoms with E-state index in [-0.39, 0.29) is 18.5 Å². The summed E-state index contributed by atoms with van der Waals surface area (Å²) >= 11 is 0. The van der Waals surface area contributed by atoms with Crippen molar-refractivity contribution in [3.05, 3.63) is 12.2 Å². The number of carboxylic acids is 1. The third-order valence-electron chi connectivity index (χ3n) is 3.35. The van der Waals surface area contributed by atoms with E-state index in [1.54, 1.807) is 0 Å². The Morgan fingerprint density at radius 1 is 1.15 bits per heavy atom. The fourth-order valence-electron chi connectivity index (χ4n) is 1.87. The second-order valence-electron chi connectivity index (χ2n) is 6.82. The lowest BCUT2D eigenvalue weighted by Crippen LogP contribution is -2.38. The van der Waals surface area contributed by atoms with Gasteiger partial charge in [0.1, 0.15) is 0 Å². The van der Waals surface area contributed by atoms with Crippen molar-refractivity contribution in [1.82, 2.24) is 5.32 Å². The molecule has 0 aromatic carbocycles. The Morgan fingerprint density at radius 2 is 1.69 bits per heavy atom. The number of aliphatic carboxylic acids is 1. The Hall–Kier alpha value is -1.71. The molecule has 0 heterocycles. The van der Waals surface area contributed by atoms with Gasteiger partial charge in [0.2, 0.25) is 0 Å². The first-order chi connectivity index (χ1) is 11.6. The van der Waals surface area contributed by atoms with Crippen LogP contribution in [0.1, 0.15) is 40.0 Å². The third kappa shape index (κ3) is 8.59. The van der Waals surface area contributed by atoms with Crippen LogP contribution in [0.15, 0.2) is 12.2 Å². The number of carboxylic acid groups (broad SMARTS) is 1. The highest BCUT2D eigenvalue weighted by Gasteiger charge is 2.56. The summed E-state index contributed by atoms with van der Waals surface area (Å²) in [6.07, 6.45) is -7.90. The molecule has 0 bridgehead atoms. The highest BCUT2D eigenvalue weighted by molar-refractivity contribution is 5.94. The van der Waals surface area contributed by atoms with Gasteiger partial charge in [0.15, 0.2) is 0 Å². The van der Waals surface area contributed by atoms with Crippen molar-refractivity contribution >= 4 is 11.9 Å². The first-order valence-corrected chi connectivity index (χ1v) is 7.87. The van der Waals surface area contributed by atoms with E-state index in [2.05, 4.69) is 16.6 Å². The van der Waals surface area contributed by atoms with Gasteiger partial charge in [0, 0.05) is 17.5 Å². The number of rotatable bonds is 10. The Morgan fingerprint density at radius 3 is 2.12 bits per heavy atom. The van der Waals surface area contributed by atoms with E-state index in [9.17, 15) is 31.5 Å². The molecule has 0 aliphatic rings. The minimum atomic E-state index is -5.67. The number of hydrogen-bond donors (Lipinski definition) is 2. The van der Waals surface area contributed by atoms with Crippen molar-refractivity contribution in [2.75, 3.05) is 13.2 Å². The molecule has 10 heteroatoms. The molecule has 0 saturated heterocycles. The number of alkyl halides is 5. The Balaban J connectivity index is 4.49. The van der Waals surface area contributed by atoms with Crippen LogP contribution in [0, 0.1) is 5.92 Å². The molecule has 26 heavy (non-hydrogen) atoms. The van der Waals surface area contributed by atoms with Crippen LogP contribution in [-0.4, -0.2) is 47.8 Å². The van der Waals surface area contributed by atoms with Gasteiger partial charge in [0.05, 0.1) is 12.5 Å². The molecular weight excluding hydrogens is 365 g/mol. The van der Waals surface area contributed by atoms with E-state index in [0.29, 0.717) is 0 Å². The van der Waals surface area contributed by atoms with Gasteiger partial charge in [-0.2, -0.15) is 22.0 Å². The highest BCUT2D eigenvalue weighted by Crippen LogP contribution is 2.38. The summed E-state index contributed by atoms with van der Waals surface area (Å²) in [7, 11) is 0. The minimum absolute atomic E-state index is 0.0344. The largest absolute Gasteiger partial charge is 0.481 e. The normalized spacial score (nSPS) is 14.0. The molecule has 0 aliphatic heterocycles. The maximum absolute atomic E-state index is 12.7. The predicted octanol–water partition coefficient (Wildman–Crippen LogP) is 3.54. The van der Waals surface area contributed by atoms with E-state index in [1.807, 2.05) is 20.8 Å². The van der Waals surface area contributed by atoms with Crippen molar-refractivity contribution in [3.63, 3.8) is 0 Å². The van der Waals surface area contributed by atoms with Gasteiger partial charge in [0.25, 0.3) is 0 Å². The van der Waals surface area contributed by atoms with Gasteiger partial charge in [-0.1, -0.05) is 6.58 Å². The van der Waals surface area contributed by atoms with Crippen molar-refractivity contribution in [3.8, 4) is 0 Å². The average Bonchev–Trinajstić information content (AvgIpc) is 2.44. The van der Waals surface area contributed by atoms with Gasteiger partial charge in [-0.15, -0.1) is 0 Å². The Bertz CT molecular complexity index is 512. The van der Waals surface area contributed by atoms with E-state index in [0.717, 1.165) is 0 Å². The molecule has 5 nitrogen and oxygen atoms in total. The molecule has 0 amide bonds. The first-order valence-electron chi connectivity index (χ1n) is 7.87. The molecule has 0 radical (unpaired) electrons. The molecule has 0 aromatic heterocycles. The Labute approximate surface area is 148 Å². The van der Waals surface area contributed by atoms with Crippen LogP contribution in [0.4, 0.5) is 22.0 Å². The Kier molecular flexibility index (Phi) is 8.68. The van der Waals surface area contributed by atoms with Crippen molar-refractivity contribution in [2.45, 2.75) is 57.7 Å². The van der Waals surface area contributed by atoms with Crippen LogP contribution in [0.2, 0.25) is 0 Å². The molecular formula is C16H24F5NO4. The smallest absolute Gasteiger partial charge is 0.453 e. The predicted molar refractivity (Wildman–Crippen MR) is 83.8 cm³/mol. The lowest BCUT2D eigenvalue weighted by Gasteiger charge is -2.22. The SMILES string of the molecule is C=C(C(=O)OCCCC(F)(F)C(F)(F)F)C(CCNC(C)(C)C)C(=O)O. The number of hydrogen-bond acceptors (Lipinski definition) is 4. The maximum Gasteiger partial charge on any atom is 0.453 e. The van der Waals surface area contributed by atoms with Crippen LogP contribution < -0.4 is 5.32 Å². The zero-order valence-electron chi connectivity index (χ0n) is 14.9. The average molecular weight is 389 g/mol. The quantitative estimate of drug-likeness (QED) is 0.259. The molecule has 0 aliphatic carbocycles. The number of carbonyl (C=O) groups excluding carboxylic acids is 1. The summed E-state index contributed by atoms with van der Waals surface area (Å²) in [6.45, 7) is 8.51. The molecule has 0 rings (SSSR count). The van der Waals surface area contributed by atoms with Crippen LogP contribution in [0.5, 0.6) is 0 Å². The second-order valence-corrected chi connectivity index (χ2v) is 6.82. The summed E-state index contributed by atoms with van der Waals surface area (Å²) in [4.78, 5) is 23.0. The maximum atomic E-state index is 12.7. The van der Waals surface area contributed by atoms with Crippen molar-refractivity contribution in [2.24, 2.45) is 5.92 Å². The number of esters is 1. The van der Waals surface area contributed by atoms with E-state index >= 15 is 0 Å². The molecule has 0 aromatic rings. The van der Waals surface area contributed by atoms with Gasteiger partial charge < -0.3 is 15.2 Å². The molecule has 1 atom stereocenters. The van der Waals surface area contributed by atoms with Crippen molar-refractivity contribution in [1.29, 1.82) is 0 Å². The summed E-state index contributed by atoms with van der Waals surface area (Å²) in [5.74, 6) is -8.58. The van der Waals surface area contributed by atoms with Gasteiger partial charge in [-0.3, -0.25) is 4.79 Å². The standard InChI is InChI=1S/C16H24F5NO4/c1-10(11(12(23)24)6-8-22-14(2,3)4)13(25)26-9-5-7-15(17,18)16(19,20)21/h11,22H,1,5-9H2,2-4H3,(H,23,24). The van der Waals surface area contributed by atoms with Crippen LogP contribution in [0.3, 0.4) is 0 Å². The number of carbonyl (C=O) groups is 2. The van der Waals surface area contributed by atoms with Crippen LogP contribution >= 0.6 is 0 Å². The minimum Gasteiger partial charge on any atom is -0.481 e. The second kappa shape index (κ2) is 9.29. The summed E-state index contributed by atoms with van der Waals surface area (Å²) in [6, 6.07) is 0. The van der Waals surface area contributed by atoms with Crippen LogP contribution in [0.25, 0.3) is 0 Å². The number of nitrogens with one attached hydrogen (secondary N) is 1. The summed E-state index contributed by atoms with van der Waals surface area (Å²) < 4.78 is 66.0. The molecule has 0 saturated carbocycles. The summed E-state index contributed by atoms with van der Waals surface area (Å²) in [5, 5.41) is 12.2. The first kappa shape index (κ1) is 24.3. The lowest BCUT2D eigenvalue weighted by atomic mass is 9.96. The van der Waals surface area contributed by atoms with E-state index in [4.69, 9.17) is 5.11 Å². The summed E-state index contributed by atoms with van der Waals surface area (Å²) in [5.41, 5.74) is -0.662. The zero-order chi connectivity index (χ0) is 20.8. The number of halogens is 5. The van der Waals surface area contributed by atoms with E-state index < -0.39 is 55.0 Å². The molecule has 0 spiro atoms. The molecule has 1 unspecified atom stereocenters. The third-order valence-corrected chi connectivity index (χ3v) is 3.35. The number of ether oxygens (including phenoxy) is 1. The monoisotopic (exact) mass is 389 g/mol. The zero-order valence-corrected chi connectivity index (χ0v) is 14.9. The van der Waals surface area contributed by atoms with Gasteiger partial charge in [-0.05, 0) is 40.2 Å². The topological polar surface area (TPSA) is 75.6 Å². The van der Waals surface area contributed by atoms with Gasteiger partial charge >= 0.3 is 24.0 Å². The fourth-order valence-corrected chi connectivity index (χ4v) is 1.87. The molecule has 0 fully saturated rings.